The van der Waals surface area contributed by atoms with Gasteiger partial charge in [0.25, 0.3) is 5.56 Å². The molecule has 1 atom stereocenters. The first-order valence-electron chi connectivity index (χ1n) is 9.36. The molecule has 0 amide bonds. The van der Waals surface area contributed by atoms with Crippen LogP contribution in [0.15, 0.2) is 59.4 Å². The maximum Gasteiger partial charge on any atom is 0.361 e. The summed E-state index contributed by atoms with van der Waals surface area (Å²) in [6.07, 6.45) is 0. The zero-order valence-electron chi connectivity index (χ0n) is 16.9. The van der Waals surface area contributed by atoms with Crippen LogP contribution < -0.4 is 15.6 Å². The Hall–Kier alpha value is -3.32. The molecule has 1 N–H and O–H groups in total. The van der Waals surface area contributed by atoms with Crippen LogP contribution in [0.4, 0.5) is 5.95 Å². The number of methoxy groups -OCH3 is 1. The number of carbonyl (C=O) groups is 1. The molecule has 0 saturated heterocycles. The number of anilines is 1. The first kappa shape index (κ1) is 21.4. The predicted molar refractivity (Wildman–Crippen MR) is 115 cm³/mol. The van der Waals surface area contributed by atoms with Crippen molar-refractivity contribution in [2.45, 2.75) is 13.0 Å². The molecule has 0 saturated carbocycles. The van der Waals surface area contributed by atoms with Gasteiger partial charge in [0.05, 0.1) is 19.8 Å². The molecule has 1 aromatic heterocycles. The number of aromatic nitrogens is 2. The van der Waals surface area contributed by atoms with Crippen LogP contribution in [-0.4, -0.2) is 29.2 Å². The van der Waals surface area contributed by atoms with Crippen molar-refractivity contribution in [2.24, 2.45) is 7.05 Å². The normalized spacial score (nSPS) is 11.6. The number of rotatable bonds is 7. The van der Waals surface area contributed by atoms with Gasteiger partial charge in [-0.15, -0.1) is 0 Å². The van der Waals surface area contributed by atoms with E-state index >= 15 is 0 Å². The molecule has 0 bridgehead atoms. The fourth-order valence-corrected chi connectivity index (χ4v) is 3.30. The van der Waals surface area contributed by atoms with Crippen LogP contribution in [0.3, 0.4) is 0 Å². The minimum absolute atomic E-state index is 0.147. The minimum Gasteiger partial charge on any atom is -0.489 e. The Balaban J connectivity index is 2.14. The fraction of sp³-hybridized carbons (Fsp3) is 0.227. The van der Waals surface area contributed by atoms with Crippen molar-refractivity contribution in [1.82, 2.24) is 9.55 Å². The second-order valence-corrected chi connectivity index (χ2v) is 6.82. The average Bonchev–Trinajstić information content (AvgIpc) is 2.76. The molecule has 8 heteroatoms. The van der Waals surface area contributed by atoms with Gasteiger partial charge in [0.1, 0.15) is 0 Å². The Morgan fingerprint density at radius 1 is 1.17 bits per heavy atom. The van der Waals surface area contributed by atoms with Gasteiger partial charge in [-0.2, -0.15) is 0 Å². The first-order valence-corrected chi connectivity index (χ1v) is 9.73. The lowest BCUT2D eigenvalue weighted by atomic mass is 9.99. The van der Waals surface area contributed by atoms with E-state index in [-0.39, 0.29) is 24.0 Å². The Labute approximate surface area is 179 Å². The third-order valence-corrected chi connectivity index (χ3v) is 4.89. The molecule has 0 spiro atoms. The highest BCUT2D eigenvalue weighted by Crippen LogP contribution is 2.31. The summed E-state index contributed by atoms with van der Waals surface area (Å²) in [7, 11) is 2.86. The zero-order chi connectivity index (χ0) is 21.7. The Morgan fingerprint density at radius 3 is 2.47 bits per heavy atom. The van der Waals surface area contributed by atoms with E-state index in [2.05, 4.69) is 10.3 Å². The van der Waals surface area contributed by atoms with Gasteiger partial charge in [-0.3, -0.25) is 9.36 Å². The van der Waals surface area contributed by atoms with E-state index in [4.69, 9.17) is 21.1 Å². The molecule has 0 fully saturated rings. The van der Waals surface area contributed by atoms with Crippen LogP contribution in [0, 0.1) is 0 Å². The van der Waals surface area contributed by atoms with Gasteiger partial charge in [-0.1, -0.05) is 60.1 Å². The number of benzene rings is 2. The third kappa shape index (κ3) is 4.31. The van der Waals surface area contributed by atoms with Crippen molar-refractivity contribution in [3.8, 4) is 5.75 Å². The Kier molecular flexibility index (Phi) is 6.74. The van der Waals surface area contributed by atoms with Crippen molar-refractivity contribution in [2.75, 3.05) is 19.0 Å². The number of hydrogen-bond acceptors (Lipinski definition) is 6. The Bertz CT molecular complexity index is 1100. The third-order valence-electron chi connectivity index (χ3n) is 4.54. The molecule has 1 unspecified atom stereocenters. The van der Waals surface area contributed by atoms with Crippen LogP contribution >= 0.6 is 11.6 Å². The molecular formula is C22H22ClN3O4. The number of nitrogens with zero attached hydrogens (tertiary/aromatic N) is 2. The fourth-order valence-electron chi connectivity index (χ4n) is 3.06. The van der Waals surface area contributed by atoms with E-state index in [9.17, 15) is 9.59 Å². The molecule has 7 nitrogen and oxygen atoms in total. The van der Waals surface area contributed by atoms with Gasteiger partial charge in [0.2, 0.25) is 11.7 Å². The summed E-state index contributed by atoms with van der Waals surface area (Å²) in [6.45, 7) is 1.82. The van der Waals surface area contributed by atoms with Gasteiger partial charge >= 0.3 is 5.97 Å². The van der Waals surface area contributed by atoms with E-state index in [0.717, 1.165) is 11.1 Å². The lowest BCUT2D eigenvalue weighted by molar-refractivity contribution is 0.0514. The average molecular weight is 428 g/mol. The van der Waals surface area contributed by atoms with Gasteiger partial charge in [-0.25, -0.2) is 9.78 Å². The summed E-state index contributed by atoms with van der Waals surface area (Å²) in [5.41, 5.74) is 1.02. The van der Waals surface area contributed by atoms with Crippen molar-refractivity contribution in [3.05, 3.63) is 86.8 Å². The summed E-state index contributed by atoms with van der Waals surface area (Å²) >= 11 is 6.45. The number of carbonyl (C=O) groups excluding carboxylic acids is 1. The number of hydrogen-bond donors (Lipinski definition) is 1. The SMILES string of the molecule is CCOC(=O)c1nc(NC(c2ccccc2)c2ccccc2Cl)n(C)c(=O)c1OC. The van der Waals surface area contributed by atoms with Crippen molar-refractivity contribution in [3.63, 3.8) is 0 Å². The molecule has 3 rings (SSSR count). The lowest BCUT2D eigenvalue weighted by Gasteiger charge is -2.23. The van der Waals surface area contributed by atoms with E-state index in [1.807, 2.05) is 48.5 Å². The van der Waals surface area contributed by atoms with E-state index in [1.165, 1.54) is 11.7 Å². The smallest absolute Gasteiger partial charge is 0.361 e. The predicted octanol–water partition coefficient (Wildman–Crippen LogP) is 3.82. The minimum atomic E-state index is -0.732. The second kappa shape index (κ2) is 9.45. The van der Waals surface area contributed by atoms with Crippen LogP contribution in [0.5, 0.6) is 5.75 Å². The number of halogens is 1. The van der Waals surface area contributed by atoms with Crippen LogP contribution in [-0.2, 0) is 11.8 Å². The summed E-state index contributed by atoms with van der Waals surface area (Å²) < 4.78 is 11.4. The molecule has 2 aromatic carbocycles. The van der Waals surface area contributed by atoms with Crippen LogP contribution in [0.2, 0.25) is 5.02 Å². The molecule has 156 valence electrons. The largest absolute Gasteiger partial charge is 0.489 e. The molecule has 1 heterocycles. The van der Waals surface area contributed by atoms with E-state index in [1.54, 1.807) is 20.0 Å². The highest BCUT2D eigenvalue weighted by molar-refractivity contribution is 6.31. The van der Waals surface area contributed by atoms with Crippen molar-refractivity contribution >= 4 is 23.5 Å². The maximum absolute atomic E-state index is 12.8. The highest BCUT2D eigenvalue weighted by Gasteiger charge is 2.25. The molecule has 0 aliphatic rings. The Morgan fingerprint density at radius 2 is 1.83 bits per heavy atom. The summed E-state index contributed by atoms with van der Waals surface area (Å²) in [5, 5.41) is 3.81. The molecule has 0 aliphatic heterocycles. The van der Waals surface area contributed by atoms with Gasteiger partial charge < -0.3 is 14.8 Å². The quantitative estimate of drug-likeness (QED) is 0.577. The van der Waals surface area contributed by atoms with Gasteiger partial charge in [0, 0.05) is 12.1 Å². The van der Waals surface area contributed by atoms with Gasteiger partial charge in [0.15, 0.2) is 5.69 Å². The summed E-state index contributed by atoms with van der Waals surface area (Å²) in [4.78, 5) is 29.5. The monoisotopic (exact) mass is 427 g/mol. The summed E-state index contributed by atoms with van der Waals surface area (Å²) in [6, 6.07) is 16.6. The summed E-state index contributed by atoms with van der Waals surface area (Å²) in [5.74, 6) is -0.725. The highest BCUT2D eigenvalue weighted by atomic mass is 35.5. The first-order chi connectivity index (χ1) is 14.5. The maximum atomic E-state index is 12.8. The van der Waals surface area contributed by atoms with Crippen molar-refractivity contribution < 1.29 is 14.3 Å². The zero-order valence-corrected chi connectivity index (χ0v) is 17.6. The van der Waals surface area contributed by atoms with E-state index in [0.29, 0.717) is 5.02 Å². The second-order valence-electron chi connectivity index (χ2n) is 6.41. The standard InChI is InChI=1S/C22H22ClN3O4/c1-4-30-21(28)18-19(29-3)20(27)26(2)22(25-18)24-17(14-10-6-5-7-11-14)15-12-8-9-13-16(15)23/h5-13,17H,4H2,1-3H3,(H,24,25). The lowest BCUT2D eigenvalue weighted by Crippen LogP contribution is -2.28. The number of esters is 1. The molecule has 30 heavy (non-hydrogen) atoms. The molecule has 3 aromatic rings. The number of nitrogens with one attached hydrogen (secondary N) is 1. The molecular weight excluding hydrogens is 406 g/mol. The van der Waals surface area contributed by atoms with Gasteiger partial charge in [-0.05, 0) is 24.1 Å². The topological polar surface area (TPSA) is 82.5 Å². The molecule has 0 aliphatic carbocycles. The van der Waals surface area contributed by atoms with Crippen LogP contribution in [0.25, 0.3) is 0 Å². The van der Waals surface area contributed by atoms with E-state index < -0.39 is 17.6 Å². The molecule has 0 radical (unpaired) electrons. The number of ether oxygens (including phenoxy) is 2. The van der Waals surface area contributed by atoms with Crippen molar-refractivity contribution in [1.29, 1.82) is 0 Å². The van der Waals surface area contributed by atoms with Crippen LogP contribution in [0.1, 0.15) is 34.6 Å².